The van der Waals surface area contributed by atoms with Crippen LogP contribution < -0.4 is 5.56 Å². The van der Waals surface area contributed by atoms with Crippen molar-refractivity contribution in [3.63, 3.8) is 0 Å². The fourth-order valence-electron chi connectivity index (χ4n) is 3.70. The van der Waals surface area contributed by atoms with E-state index in [1.165, 1.54) is 0 Å². The van der Waals surface area contributed by atoms with Gasteiger partial charge >= 0.3 is 0 Å². The average Bonchev–Trinajstić information content (AvgIpc) is 2.60. The van der Waals surface area contributed by atoms with E-state index in [2.05, 4.69) is 10.2 Å². The van der Waals surface area contributed by atoms with Crippen LogP contribution in [0.2, 0.25) is 0 Å². The Hall–Kier alpha value is -3.02. The topological polar surface area (TPSA) is 88.9 Å². The lowest BCUT2D eigenvalue weighted by atomic mass is 9.79. The molecule has 6 heteroatoms. The number of benzene rings is 2. The Morgan fingerprint density at radius 1 is 1.04 bits per heavy atom. The maximum atomic E-state index is 12.1. The maximum Gasteiger partial charge on any atom is 0.273 e. The number of fused-ring (bicyclic) bond motifs is 1. The van der Waals surface area contributed by atoms with E-state index in [0.717, 1.165) is 16.6 Å². The highest BCUT2D eigenvalue weighted by atomic mass is 16.6. The average molecular weight is 379 g/mol. The largest absolute Gasteiger partial charge is 0.273 e. The zero-order valence-electron chi connectivity index (χ0n) is 16.9. The van der Waals surface area contributed by atoms with Crippen LogP contribution in [0, 0.1) is 10.1 Å². The molecule has 0 aliphatic carbocycles. The molecule has 146 valence electrons. The van der Waals surface area contributed by atoms with Gasteiger partial charge in [0.1, 0.15) is 0 Å². The standard InChI is InChI=1S/C22H25N3O3/c1-21(2,3)17-11-10-14(12-18(17)25(27)28)13-22(4,5)19-15-8-6-7-9-16(15)20(26)24-23-19/h6-12H,13H2,1-5H3,(H,24,26). The monoisotopic (exact) mass is 379 g/mol. The Bertz CT molecular complexity index is 1110. The van der Waals surface area contributed by atoms with Gasteiger partial charge in [-0.05, 0) is 23.5 Å². The molecule has 3 rings (SSSR count). The van der Waals surface area contributed by atoms with Gasteiger partial charge in [-0.15, -0.1) is 0 Å². The third kappa shape index (κ3) is 3.67. The quantitative estimate of drug-likeness (QED) is 0.528. The lowest BCUT2D eigenvalue weighted by Gasteiger charge is -2.26. The molecule has 0 aliphatic rings. The first-order valence-corrected chi connectivity index (χ1v) is 9.26. The van der Waals surface area contributed by atoms with Crippen molar-refractivity contribution in [3.05, 3.63) is 79.8 Å². The van der Waals surface area contributed by atoms with Crippen molar-refractivity contribution in [1.29, 1.82) is 0 Å². The van der Waals surface area contributed by atoms with Crippen LogP contribution in [0.3, 0.4) is 0 Å². The van der Waals surface area contributed by atoms with Crippen LogP contribution in [0.4, 0.5) is 5.69 Å². The summed E-state index contributed by atoms with van der Waals surface area (Å²) in [5.41, 5.74) is 1.52. The Labute approximate surface area is 163 Å². The Balaban J connectivity index is 2.06. The first kappa shape index (κ1) is 19.7. The number of nitro groups is 1. The maximum absolute atomic E-state index is 12.1. The molecule has 28 heavy (non-hydrogen) atoms. The summed E-state index contributed by atoms with van der Waals surface area (Å²) in [5, 5.41) is 19.9. The molecule has 1 N–H and O–H groups in total. The van der Waals surface area contributed by atoms with E-state index in [1.807, 2.05) is 65.0 Å². The molecule has 0 bridgehead atoms. The fraction of sp³-hybridized carbons (Fsp3) is 0.364. The van der Waals surface area contributed by atoms with Gasteiger partial charge in [0.05, 0.1) is 16.0 Å². The molecule has 0 amide bonds. The van der Waals surface area contributed by atoms with Crippen LogP contribution in [0.1, 0.15) is 51.4 Å². The second-order valence-electron chi connectivity index (χ2n) is 8.87. The van der Waals surface area contributed by atoms with Gasteiger partial charge < -0.3 is 0 Å². The molecule has 0 fully saturated rings. The normalized spacial score (nSPS) is 12.3. The molecule has 3 aromatic rings. The SMILES string of the molecule is CC(C)(C)c1ccc(CC(C)(C)c2n[nH]c(=O)c3ccccc23)cc1[N+](=O)[O-]. The van der Waals surface area contributed by atoms with Crippen molar-refractivity contribution in [3.8, 4) is 0 Å². The number of nitrogens with zero attached hydrogens (tertiary/aromatic N) is 2. The van der Waals surface area contributed by atoms with Crippen LogP contribution in [0.5, 0.6) is 0 Å². The van der Waals surface area contributed by atoms with Gasteiger partial charge in [0.15, 0.2) is 0 Å². The summed E-state index contributed by atoms with van der Waals surface area (Å²) in [4.78, 5) is 23.4. The summed E-state index contributed by atoms with van der Waals surface area (Å²) in [5.74, 6) is 0. The minimum absolute atomic E-state index is 0.139. The van der Waals surface area contributed by atoms with Gasteiger partial charge in [-0.1, -0.05) is 65.0 Å². The smallest absolute Gasteiger partial charge is 0.267 e. The molecule has 2 aromatic carbocycles. The van der Waals surface area contributed by atoms with Gasteiger partial charge in [-0.2, -0.15) is 5.10 Å². The number of rotatable bonds is 4. The minimum Gasteiger partial charge on any atom is -0.267 e. The van der Waals surface area contributed by atoms with Gasteiger partial charge in [0.25, 0.3) is 11.2 Å². The Morgan fingerprint density at radius 3 is 2.29 bits per heavy atom. The zero-order chi connectivity index (χ0) is 20.7. The molecule has 0 aliphatic heterocycles. The predicted octanol–water partition coefficient (Wildman–Crippen LogP) is 4.65. The third-order valence-electron chi connectivity index (χ3n) is 5.05. The number of nitrogens with one attached hydrogen (secondary N) is 1. The minimum atomic E-state index is -0.430. The van der Waals surface area contributed by atoms with E-state index in [1.54, 1.807) is 12.1 Å². The fourth-order valence-corrected chi connectivity index (χ4v) is 3.70. The molecular formula is C22H25N3O3. The number of hydrogen-bond donors (Lipinski definition) is 1. The number of aromatic nitrogens is 2. The van der Waals surface area contributed by atoms with Crippen LogP contribution in [0.15, 0.2) is 47.3 Å². The van der Waals surface area contributed by atoms with Crippen molar-refractivity contribution >= 4 is 16.5 Å². The van der Waals surface area contributed by atoms with Crippen LogP contribution in [-0.4, -0.2) is 15.1 Å². The highest BCUT2D eigenvalue weighted by molar-refractivity contribution is 5.84. The summed E-state index contributed by atoms with van der Waals surface area (Å²) in [6.45, 7) is 9.97. The van der Waals surface area contributed by atoms with Crippen molar-refractivity contribution in [1.82, 2.24) is 10.2 Å². The lowest BCUT2D eigenvalue weighted by Crippen LogP contribution is -2.25. The van der Waals surface area contributed by atoms with Crippen molar-refractivity contribution in [2.45, 2.75) is 51.9 Å². The summed E-state index contributed by atoms with van der Waals surface area (Å²) < 4.78 is 0. The van der Waals surface area contributed by atoms with Crippen LogP contribution >= 0.6 is 0 Å². The summed E-state index contributed by atoms with van der Waals surface area (Å²) in [6, 6.07) is 12.8. The number of hydrogen-bond acceptors (Lipinski definition) is 4. The Morgan fingerprint density at radius 2 is 1.68 bits per heavy atom. The summed E-state index contributed by atoms with van der Waals surface area (Å²) in [6.07, 6.45) is 0.557. The van der Waals surface area contributed by atoms with Gasteiger partial charge in [-0.3, -0.25) is 14.9 Å². The summed E-state index contributed by atoms with van der Waals surface area (Å²) >= 11 is 0. The van der Waals surface area contributed by atoms with Gasteiger partial charge in [-0.25, -0.2) is 5.10 Å². The summed E-state index contributed by atoms with van der Waals surface area (Å²) in [7, 11) is 0. The molecule has 0 saturated heterocycles. The van der Waals surface area contributed by atoms with E-state index in [-0.39, 0.29) is 21.6 Å². The van der Waals surface area contributed by atoms with Crippen molar-refractivity contribution in [2.75, 3.05) is 0 Å². The third-order valence-corrected chi connectivity index (χ3v) is 5.05. The highest BCUT2D eigenvalue weighted by Gasteiger charge is 2.29. The number of aromatic amines is 1. The van der Waals surface area contributed by atoms with Crippen LogP contribution in [-0.2, 0) is 17.3 Å². The van der Waals surface area contributed by atoms with Crippen molar-refractivity contribution < 1.29 is 4.92 Å². The van der Waals surface area contributed by atoms with Crippen LogP contribution in [0.25, 0.3) is 10.8 Å². The molecule has 6 nitrogen and oxygen atoms in total. The second kappa shape index (κ2) is 6.86. The van der Waals surface area contributed by atoms with E-state index < -0.39 is 5.41 Å². The first-order valence-electron chi connectivity index (χ1n) is 9.26. The molecule has 0 atom stereocenters. The van der Waals surface area contributed by atoms with E-state index in [9.17, 15) is 14.9 Å². The molecule has 0 unspecified atom stereocenters. The zero-order valence-corrected chi connectivity index (χ0v) is 16.9. The predicted molar refractivity (Wildman–Crippen MR) is 111 cm³/mol. The number of nitro benzene ring substituents is 1. The lowest BCUT2D eigenvalue weighted by molar-refractivity contribution is -0.386. The molecule has 0 spiro atoms. The van der Waals surface area contributed by atoms with Crippen molar-refractivity contribution in [2.24, 2.45) is 0 Å². The molecule has 0 saturated carbocycles. The first-order chi connectivity index (χ1) is 13.0. The number of H-pyrrole nitrogens is 1. The second-order valence-corrected chi connectivity index (χ2v) is 8.87. The Kier molecular flexibility index (Phi) is 4.83. The van der Waals surface area contributed by atoms with E-state index >= 15 is 0 Å². The molecular weight excluding hydrogens is 354 g/mol. The van der Waals surface area contributed by atoms with Gasteiger partial charge in [0, 0.05) is 22.4 Å². The molecule has 1 heterocycles. The van der Waals surface area contributed by atoms with E-state index in [0.29, 0.717) is 17.4 Å². The highest BCUT2D eigenvalue weighted by Crippen LogP contribution is 2.35. The molecule has 1 aromatic heterocycles. The van der Waals surface area contributed by atoms with Gasteiger partial charge in [0.2, 0.25) is 0 Å². The molecule has 0 radical (unpaired) electrons. The van der Waals surface area contributed by atoms with E-state index in [4.69, 9.17) is 0 Å².